The molecule has 1 aliphatic rings. The molecule has 0 fully saturated rings. The van der Waals surface area contributed by atoms with Crippen LogP contribution in [0.4, 0.5) is 40.3 Å². The molecule has 4 aromatic carbocycles. The Morgan fingerprint density at radius 1 is 0.667 bits per heavy atom. The summed E-state index contributed by atoms with van der Waals surface area (Å²) in [7, 11) is -14.8. The molecule has 6 rings (SSSR count). The number of hydrogen-bond donors (Lipinski definition) is 8. The van der Waals surface area contributed by atoms with Gasteiger partial charge in [-0.3, -0.25) is 18.5 Å². The molecule has 0 aliphatic heterocycles. The summed E-state index contributed by atoms with van der Waals surface area (Å²) in [6.07, 6.45) is -1.53. The molecule has 0 radical (unpaired) electrons. The number of nitrogen functional groups attached to an aromatic ring is 1. The number of hydrogen-bond acceptors (Lipinski definition) is 15. The predicted molar refractivity (Wildman–Crippen MR) is 182 cm³/mol. The van der Waals surface area contributed by atoms with E-state index in [0.717, 1.165) is 24.3 Å². The van der Waals surface area contributed by atoms with E-state index in [9.17, 15) is 48.8 Å². The van der Waals surface area contributed by atoms with Crippen LogP contribution >= 0.6 is 11.6 Å². The second-order valence-corrected chi connectivity index (χ2v) is 15.2. The van der Waals surface area contributed by atoms with Crippen molar-refractivity contribution in [1.82, 2.24) is 15.0 Å². The molecule has 0 spiro atoms. The van der Waals surface area contributed by atoms with Gasteiger partial charge in [-0.05, 0) is 53.6 Å². The molecule has 5 aromatic rings. The zero-order valence-electron chi connectivity index (χ0n) is 25.2. The first-order valence-corrected chi connectivity index (χ1v) is 18.7. The molecule has 0 saturated carbocycles. The lowest BCUT2D eigenvalue weighted by Gasteiger charge is -2.28. The number of rotatable bonds is 9. The van der Waals surface area contributed by atoms with Crippen LogP contribution in [0.15, 0.2) is 87.5 Å². The van der Waals surface area contributed by atoms with Gasteiger partial charge in [0.15, 0.2) is 5.78 Å². The lowest BCUT2D eigenvalue weighted by Crippen LogP contribution is -2.24. The number of para-hydroxylation sites is 1. The molecule has 0 saturated heterocycles. The molecule has 51 heavy (non-hydrogen) atoms. The van der Waals surface area contributed by atoms with Gasteiger partial charge in [0, 0.05) is 22.5 Å². The minimum atomic E-state index is -5.05. The lowest BCUT2D eigenvalue weighted by molar-refractivity contribution is 0.102. The molecule has 22 heteroatoms. The Bertz CT molecular complexity index is 2630. The number of nitrogens with two attached hydrogens (primary N) is 1. The van der Waals surface area contributed by atoms with Gasteiger partial charge in [-0.2, -0.15) is 40.2 Å². The largest absolute Gasteiger partial charge is 0.397 e. The number of nitrogens with zero attached hydrogens (tertiary/aromatic N) is 3. The predicted octanol–water partition coefficient (Wildman–Crippen LogP) is 3.70. The molecular weight excluding hydrogens is 754 g/mol. The number of benzene rings is 4. The van der Waals surface area contributed by atoms with Crippen molar-refractivity contribution in [3.8, 4) is 0 Å². The monoisotopic (exact) mass is 775 g/mol. The van der Waals surface area contributed by atoms with Gasteiger partial charge in [0.1, 0.15) is 20.8 Å². The molecule has 1 atom stereocenters. The third-order valence-electron chi connectivity index (χ3n) is 7.45. The summed E-state index contributed by atoms with van der Waals surface area (Å²) in [6.45, 7) is 0. The number of carbonyl (C=O) groups is 1. The number of halogens is 1. The van der Waals surface area contributed by atoms with E-state index in [4.69, 9.17) is 17.3 Å². The summed E-state index contributed by atoms with van der Waals surface area (Å²) in [4.78, 5) is 23.1. The quantitative estimate of drug-likeness (QED) is 0.0781. The summed E-state index contributed by atoms with van der Waals surface area (Å²) in [5, 5.41) is 18.7. The average molecular weight is 776 g/mol. The fourth-order valence-corrected chi connectivity index (χ4v) is 7.46. The maximum Gasteiger partial charge on any atom is 0.296 e. The number of anilines is 7. The van der Waals surface area contributed by atoms with E-state index in [-0.39, 0.29) is 45.4 Å². The standard InChI is InChI=1S/C29H22ClN7O11S3/c30-27-35-28(33-16-7-3-4-8-19(16)49(40,41)42)37-29(36-27)34-17-10-9-13(11-20(17)50(43,44)45)32-18-12-21(51(46,47)48)24(31)23-22(18)25(38)14-5-1-2-6-15(14)26(23)39/h1-12,25,32,38H,31H2,(H,40,41,42)(H,43,44,45)(H,46,47,48)(H2,33,34,35,36,37). The fraction of sp³-hybridized carbons (Fsp3) is 0.0345. The Morgan fingerprint density at radius 3 is 1.86 bits per heavy atom. The number of aromatic nitrogens is 3. The van der Waals surface area contributed by atoms with Crippen LogP contribution < -0.4 is 21.7 Å². The van der Waals surface area contributed by atoms with Gasteiger partial charge in [0.2, 0.25) is 17.2 Å². The third kappa shape index (κ3) is 7.04. The minimum absolute atomic E-state index is 0.0335. The van der Waals surface area contributed by atoms with Gasteiger partial charge in [0.25, 0.3) is 30.4 Å². The van der Waals surface area contributed by atoms with E-state index < -0.39 is 79.4 Å². The first-order valence-electron chi connectivity index (χ1n) is 14.0. The number of carbonyl (C=O) groups excluding carboxylic acids is 1. The van der Waals surface area contributed by atoms with Gasteiger partial charge in [-0.15, -0.1) is 0 Å². The Labute approximate surface area is 293 Å². The highest BCUT2D eigenvalue weighted by Gasteiger charge is 2.36. The van der Waals surface area contributed by atoms with Crippen LogP contribution in [0.3, 0.4) is 0 Å². The molecule has 264 valence electrons. The normalized spacial score (nSPS) is 14.4. The van der Waals surface area contributed by atoms with Gasteiger partial charge in [-0.25, -0.2) is 0 Å². The molecule has 1 unspecified atom stereocenters. The van der Waals surface area contributed by atoms with Crippen molar-refractivity contribution >= 4 is 88.1 Å². The maximum atomic E-state index is 13.5. The molecule has 9 N–H and O–H groups in total. The first-order chi connectivity index (χ1) is 23.8. The molecule has 0 amide bonds. The zero-order valence-corrected chi connectivity index (χ0v) is 28.4. The lowest BCUT2D eigenvalue weighted by atomic mass is 9.81. The summed E-state index contributed by atoms with van der Waals surface area (Å²) in [5.74, 6) is -1.47. The van der Waals surface area contributed by atoms with E-state index in [1.165, 1.54) is 42.5 Å². The number of ketones is 1. The van der Waals surface area contributed by atoms with Crippen molar-refractivity contribution in [3.05, 3.63) is 100 Å². The van der Waals surface area contributed by atoms with Gasteiger partial charge < -0.3 is 26.8 Å². The van der Waals surface area contributed by atoms with Crippen molar-refractivity contribution in [1.29, 1.82) is 0 Å². The highest BCUT2D eigenvalue weighted by Crippen LogP contribution is 2.45. The summed E-state index contributed by atoms with van der Waals surface area (Å²) >= 11 is 6.02. The number of fused-ring (bicyclic) bond motifs is 2. The van der Waals surface area contributed by atoms with Crippen LogP contribution in [0.1, 0.15) is 33.2 Å². The van der Waals surface area contributed by atoms with Crippen molar-refractivity contribution in [3.63, 3.8) is 0 Å². The second kappa shape index (κ2) is 12.8. The smallest absolute Gasteiger partial charge is 0.296 e. The van der Waals surface area contributed by atoms with Gasteiger partial charge >= 0.3 is 0 Å². The van der Waals surface area contributed by atoms with Crippen LogP contribution in [0.25, 0.3) is 0 Å². The summed E-state index contributed by atoms with van der Waals surface area (Å²) in [5.41, 5.74) is 4.19. The number of aliphatic hydroxyl groups excluding tert-OH is 1. The van der Waals surface area contributed by atoms with Crippen LogP contribution in [-0.2, 0) is 30.4 Å². The molecule has 1 aromatic heterocycles. The van der Waals surface area contributed by atoms with E-state index in [1.807, 2.05) is 0 Å². The second-order valence-electron chi connectivity index (χ2n) is 10.7. The molecule has 0 bridgehead atoms. The van der Waals surface area contributed by atoms with E-state index in [0.29, 0.717) is 0 Å². The van der Waals surface area contributed by atoms with Crippen molar-refractivity contribution in [2.45, 2.75) is 20.8 Å². The number of nitrogens with one attached hydrogen (secondary N) is 3. The van der Waals surface area contributed by atoms with Gasteiger partial charge in [0.05, 0.1) is 22.6 Å². The topological polar surface area (TPSA) is 301 Å². The Balaban J connectivity index is 1.40. The van der Waals surface area contributed by atoms with Crippen molar-refractivity contribution in [2.24, 2.45) is 0 Å². The average Bonchev–Trinajstić information content (AvgIpc) is 3.03. The van der Waals surface area contributed by atoms with Crippen LogP contribution in [-0.4, -0.2) is 64.8 Å². The van der Waals surface area contributed by atoms with E-state index >= 15 is 0 Å². The molecule has 1 aliphatic carbocycles. The zero-order chi connectivity index (χ0) is 37.0. The van der Waals surface area contributed by atoms with E-state index in [1.54, 1.807) is 6.07 Å². The highest BCUT2D eigenvalue weighted by molar-refractivity contribution is 7.86. The van der Waals surface area contributed by atoms with E-state index in [2.05, 4.69) is 30.9 Å². The maximum absolute atomic E-state index is 13.5. The summed E-state index contributed by atoms with van der Waals surface area (Å²) in [6, 6.07) is 15.3. The van der Waals surface area contributed by atoms with Crippen molar-refractivity contribution in [2.75, 3.05) is 21.7 Å². The molecule has 18 nitrogen and oxygen atoms in total. The number of aliphatic hydroxyl groups is 1. The molecular formula is C29H22ClN7O11S3. The van der Waals surface area contributed by atoms with Crippen molar-refractivity contribution < 1.29 is 48.8 Å². The van der Waals surface area contributed by atoms with Crippen LogP contribution in [0.5, 0.6) is 0 Å². The highest BCUT2D eigenvalue weighted by atomic mass is 35.5. The SMILES string of the molecule is Nc1c(S(=O)(=O)O)cc(Nc2ccc(Nc3nc(Cl)nc(Nc4ccccc4S(=O)(=O)O)n3)c(S(=O)(=O)O)c2)c2c1C(=O)c1ccccc1C2O. The van der Waals surface area contributed by atoms with Gasteiger partial charge in [-0.1, -0.05) is 36.4 Å². The third-order valence-corrected chi connectivity index (χ3v) is 10.3. The Hall–Kier alpha value is -5.26. The minimum Gasteiger partial charge on any atom is -0.397 e. The molecule has 1 heterocycles. The Morgan fingerprint density at radius 2 is 1.24 bits per heavy atom. The fourth-order valence-electron chi connectivity index (χ4n) is 5.34. The summed E-state index contributed by atoms with van der Waals surface area (Å²) < 4.78 is 103. The Kier molecular flexibility index (Phi) is 8.93. The first kappa shape index (κ1) is 35.6. The van der Waals surface area contributed by atoms with Crippen LogP contribution in [0, 0.1) is 0 Å². The van der Waals surface area contributed by atoms with Crippen LogP contribution in [0.2, 0.25) is 5.28 Å².